The fourth-order valence-corrected chi connectivity index (χ4v) is 4.08. The van der Waals surface area contributed by atoms with Crippen LogP contribution in [-0.4, -0.2) is 45.7 Å². The second-order valence-electron chi connectivity index (χ2n) is 8.11. The van der Waals surface area contributed by atoms with E-state index in [1.165, 1.54) is 22.3 Å². The summed E-state index contributed by atoms with van der Waals surface area (Å²) in [6.07, 6.45) is 3.00. The number of ether oxygens (including phenoxy) is 4. The van der Waals surface area contributed by atoms with Crippen LogP contribution in [-0.2, 0) is 25.6 Å². The Morgan fingerprint density at radius 1 is 0.800 bits per heavy atom. The van der Waals surface area contributed by atoms with Crippen LogP contribution in [0.25, 0.3) is 11.1 Å². The quantitative estimate of drug-likeness (QED) is 0.270. The van der Waals surface area contributed by atoms with Crippen molar-refractivity contribution in [3.8, 4) is 11.1 Å². The highest BCUT2D eigenvalue weighted by atomic mass is 16.6. The van der Waals surface area contributed by atoms with Gasteiger partial charge in [0.1, 0.15) is 13.2 Å². The van der Waals surface area contributed by atoms with Gasteiger partial charge in [-0.1, -0.05) is 78.9 Å². The minimum atomic E-state index is -0.440. The second-order valence-corrected chi connectivity index (χ2v) is 8.11. The third kappa shape index (κ3) is 7.18. The maximum Gasteiger partial charge on any atom is 0.407 e. The Hall–Kier alpha value is -3.61. The molecule has 4 rings (SSSR count). The number of hydrogen-bond donors (Lipinski definition) is 1. The average molecular weight is 474 g/mol. The average Bonchev–Trinajstić information content (AvgIpc) is 3.22. The van der Waals surface area contributed by atoms with E-state index in [4.69, 9.17) is 18.9 Å². The minimum Gasteiger partial charge on any atom is -0.499 e. The first-order chi connectivity index (χ1) is 17.3. The zero-order valence-electron chi connectivity index (χ0n) is 19.7. The van der Waals surface area contributed by atoms with Crippen LogP contribution in [0.15, 0.2) is 91.2 Å². The normalized spacial score (nSPS) is 12.3. The van der Waals surface area contributed by atoms with Crippen LogP contribution in [0.2, 0.25) is 0 Å². The number of fused-ring (bicyclic) bond motifs is 3. The summed E-state index contributed by atoms with van der Waals surface area (Å²) in [5.74, 6) is 0.0540. The van der Waals surface area contributed by atoms with Gasteiger partial charge in [0.15, 0.2) is 0 Å². The molecule has 0 fully saturated rings. The van der Waals surface area contributed by atoms with Gasteiger partial charge >= 0.3 is 6.09 Å². The number of nitrogens with one attached hydrogen (secondary N) is 1. The Balaban J connectivity index is 1.03. The van der Waals surface area contributed by atoms with Crippen molar-refractivity contribution in [3.63, 3.8) is 0 Å². The first-order valence-electron chi connectivity index (χ1n) is 11.9. The third-order valence-electron chi connectivity index (χ3n) is 5.72. The Morgan fingerprint density at radius 2 is 1.49 bits per heavy atom. The van der Waals surface area contributed by atoms with E-state index >= 15 is 0 Å². The van der Waals surface area contributed by atoms with Crippen molar-refractivity contribution in [2.75, 3.05) is 39.6 Å². The molecule has 6 nitrogen and oxygen atoms in total. The van der Waals surface area contributed by atoms with E-state index in [1.807, 2.05) is 60.7 Å². The van der Waals surface area contributed by atoms with E-state index in [9.17, 15) is 4.79 Å². The number of amides is 1. The minimum absolute atomic E-state index is 0.0540. The highest BCUT2D eigenvalue weighted by molar-refractivity contribution is 5.79. The van der Waals surface area contributed by atoms with Crippen molar-refractivity contribution in [1.82, 2.24) is 5.32 Å². The summed E-state index contributed by atoms with van der Waals surface area (Å²) in [6.45, 7) is 2.99. The van der Waals surface area contributed by atoms with Crippen molar-refractivity contribution in [3.05, 3.63) is 108 Å². The van der Waals surface area contributed by atoms with Crippen molar-refractivity contribution in [2.45, 2.75) is 12.5 Å². The fourth-order valence-electron chi connectivity index (χ4n) is 4.08. The van der Waals surface area contributed by atoms with Crippen LogP contribution >= 0.6 is 0 Å². The summed E-state index contributed by atoms with van der Waals surface area (Å²) >= 11 is 0. The van der Waals surface area contributed by atoms with Gasteiger partial charge in [0.05, 0.1) is 32.7 Å². The first kappa shape index (κ1) is 24.5. The molecule has 0 spiro atoms. The van der Waals surface area contributed by atoms with E-state index < -0.39 is 6.09 Å². The highest BCUT2D eigenvalue weighted by Crippen LogP contribution is 2.44. The van der Waals surface area contributed by atoms with Gasteiger partial charge in [-0.15, -0.1) is 0 Å². The van der Waals surface area contributed by atoms with Crippen LogP contribution in [0.5, 0.6) is 0 Å². The molecule has 35 heavy (non-hydrogen) atoms. The predicted octanol–water partition coefficient (Wildman–Crippen LogP) is 5.29. The smallest absolute Gasteiger partial charge is 0.407 e. The number of alkyl carbamates (subject to hydrolysis) is 1. The highest BCUT2D eigenvalue weighted by Gasteiger charge is 2.28. The lowest BCUT2D eigenvalue weighted by atomic mass is 9.98. The Kier molecular flexibility index (Phi) is 9.33. The molecule has 0 aliphatic heterocycles. The number of rotatable bonds is 13. The molecule has 3 aromatic rings. The Morgan fingerprint density at radius 3 is 2.23 bits per heavy atom. The summed E-state index contributed by atoms with van der Waals surface area (Å²) in [6, 6.07) is 26.6. The molecular formula is C29H31NO5. The van der Waals surface area contributed by atoms with Crippen molar-refractivity contribution >= 4 is 6.09 Å². The molecule has 0 aromatic heterocycles. The number of hydrogen-bond acceptors (Lipinski definition) is 5. The van der Waals surface area contributed by atoms with E-state index in [2.05, 4.69) is 29.6 Å². The lowest BCUT2D eigenvalue weighted by Gasteiger charge is -2.14. The monoisotopic (exact) mass is 473 g/mol. The van der Waals surface area contributed by atoms with Crippen LogP contribution < -0.4 is 5.32 Å². The number of carbonyl (C=O) groups is 1. The molecule has 0 bridgehead atoms. The molecule has 6 heteroatoms. The molecule has 0 unspecified atom stereocenters. The van der Waals surface area contributed by atoms with Gasteiger partial charge in [-0.25, -0.2) is 4.79 Å². The molecule has 1 N–H and O–H groups in total. The van der Waals surface area contributed by atoms with E-state index in [1.54, 1.807) is 6.26 Å². The largest absolute Gasteiger partial charge is 0.499 e. The summed E-state index contributed by atoms with van der Waals surface area (Å²) in [4.78, 5) is 12.1. The number of benzene rings is 3. The van der Waals surface area contributed by atoms with Crippen molar-refractivity contribution < 1.29 is 23.7 Å². The molecule has 3 aromatic carbocycles. The van der Waals surface area contributed by atoms with Gasteiger partial charge in [0.25, 0.3) is 0 Å². The third-order valence-corrected chi connectivity index (χ3v) is 5.72. The summed E-state index contributed by atoms with van der Waals surface area (Å²) in [7, 11) is 0. The molecule has 0 saturated heterocycles. The van der Waals surface area contributed by atoms with Gasteiger partial charge in [0, 0.05) is 12.5 Å². The molecule has 1 amide bonds. The van der Waals surface area contributed by atoms with Crippen LogP contribution in [0, 0.1) is 0 Å². The fraction of sp³-hybridized carbons (Fsp3) is 0.276. The topological polar surface area (TPSA) is 66.0 Å². The van der Waals surface area contributed by atoms with Gasteiger partial charge in [0.2, 0.25) is 0 Å². The first-order valence-corrected chi connectivity index (χ1v) is 11.9. The lowest BCUT2D eigenvalue weighted by Crippen LogP contribution is -2.29. The van der Waals surface area contributed by atoms with E-state index in [-0.39, 0.29) is 5.92 Å². The van der Waals surface area contributed by atoms with E-state index in [0.29, 0.717) is 46.2 Å². The van der Waals surface area contributed by atoms with Crippen LogP contribution in [0.4, 0.5) is 4.79 Å². The molecule has 182 valence electrons. The standard InChI is InChI=1S/C29H31NO5/c31-29(35-22-28-26-13-6-4-11-24(26)25-12-5-7-14-27(25)28)30-15-18-33-20-19-32-16-8-17-34-21-23-9-2-1-3-10-23/h1-14,16,28H,15,17-22H2,(H,30,31)/b16-8+. The Labute approximate surface area is 206 Å². The molecule has 0 heterocycles. The van der Waals surface area contributed by atoms with Gasteiger partial charge < -0.3 is 24.3 Å². The van der Waals surface area contributed by atoms with Gasteiger partial charge in [-0.3, -0.25) is 0 Å². The summed E-state index contributed by atoms with van der Waals surface area (Å²) in [5.41, 5.74) is 5.95. The molecular weight excluding hydrogens is 442 g/mol. The zero-order valence-corrected chi connectivity index (χ0v) is 19.7. The molecule has 1 aliphatic carbocycles. The summed E-state index contributed by atoms with van der Waals surface area (Å²) in [5, 5.41) is 2.74. The molecule has 1 aliphatic rings. The number of carbonyl (C=O) groups excluding carboxylic acids is 1. The lowest BCUT2D eigenvalue weighted by molar-refractivity contribution is 0.0826. The van der Waals surface area contributed by atoms with Gasteiger partial charge in [-0.05, 0) is 33.9 Å². The molecule has 0 atom stereocenters. The Bertz CT molecular complexity index is 1050. The molecule has 0 radical (unpaired) electrons. The van der Waals surface area contributed by atoms with Crippen molar-refractivity contribution in [2.24, 2.45) is 0 Å². The van der Waals surface area contributed by atoms with Crippen LogP contribution in [0.1, 0.15) is 22.6 Å². The summed E-state index contributed by atoms with van der Waals surface area (Å²) < 4.78 is 21.9. The molecule has 0 saturated carbocycles. The SMILES string of the molecule is O=C(NCCOCCO/C=C/COCc1ccccc1)OCC1c2ccccc2-c2ccccc21. The second kappa shape index (κ2) is 13.3. The van der Waals surface area contributed by atoms with Crippen molar-refractivity contribution in [1.29, 1.82) is 0 Å². The predicted molar refractivity (Wildman–Crippen MR) is 135 cm³/mol. The van der Waals surface area contributed by atoms with Crippen LogP contribution in [0.3, 0.4) is 0 Å². The van der Waals surface area contributed by atoms with E-state index in [0.717, 1.165) is 5.56 Å². The maximum atomic E-state index is 12.1. The maximum absolute atomic E-state index is 12.1. The van der Waals surface area contributed by atoms with Gasteiger partial charge in [-0.2, -0.15) is 0 Å². The zero-order chi connectivity index (χ0) is 24.1.